The molecule has 4 aromatic rings. The average Bonchev–Trinajstić information content (AvgIpc) is 3.28. The summed E-state index contributed by atoms with van der Waals surface area (Å²) in [6.07, 6.45) is 2.18. The van der Waals surface area contributed by atoms with Gasteiger partial charge in [0.05, 0.1) is 22.3 Å². The van der Waals surface area contributed by atoms with Crippen LogP contribution in [0.2, 0.25) is 0 Å². The van der Waals surface area contributed by atoms with Gasteiger partial charge in [0.15, 0.2) is 6.10 Å². The Morgan fingerprint density at radius 3 is 2.63 bits per heavy atom. The van der Waals surface area contributed by atoms with Crippen molar-refractivity contribution in [2.75, 3.05) is 7.05 Å². The van der Waals surface area contributed by atoms with Crippen molar-refractivity contribution in [1.82, 2.24) is 20.0 Å². The van der Waals surface area contributed by atoms with E-state index in [0.29, 0.717) is 27.9 Å². The van der Waals surface area contributed by atoms with Crippen LogP contribution in [0.4, 0.5) is 4.39 Å². The Bertz CT molecular complexity index is 1370. The molecule has 35 heavy (non-hydrogen) atoms. The van der Waals surface area contributed by atoms with Gasteiger partial charge in [-0.3, -0.25) is 9.78 Å². The van der Waals surface area contributed by atoms with Gasteiger partial charge in [-0.1, -0.05) is 31.1 Å². The average molecular weight is 477 g/mol. The molecule has 8 nitrogen and oxygen atoms in total. The first kappa shape index (κ1) is 24.0. The van der Waals surface area contributed by atoms with Crippen LogP contribution >= 0.6 is 0 Å². The SMILES string of the molecule is CC(C)c1noc2nc(-c3cccnc3)cc(C(=O)O[C@H](C)C(=O)N(C)Cc3cccc(F)c3)c12. The lowest BCUT2D eigenvalue weighted by Crippen LogP contribution is -2.37. The van der Waals surface area contributed by atoms with Gasteiger partial charge in [0.25, 0.3) is 11.6 Å². The van der Waals surface area contributed by atoms with E-state index in [4.69, 9.17) is 9.26 Å². The molecule has 0 spiro atoms. The van der Waals surface area contributed by atoms with Crippen molar-refractivity contribution in [3.63, 3.8) is 0 Å². The lowest BCUT2D eigenvalue weighted by molar-refractivity contribution is -0.139. The number of rotatable bonds is 7. The normalized spacial score (nSPS) is 12.1. The molecule has 0 aliphatic carbocycles. The topological polar surface area (TPSA) is 98.4 Å². The van der Waals surface area contributed by atoms with Gasteiger partial charge >= 0.3 is 5.97 Å². The van der Waals surface area contributed by atoms with Gasteiger partial charge < -0.3 is 14.2 Å². The Kier molecular flexibility index (Phi) is 6.86. The van der Waals surface area contributed by atoms with Crippen molar-refractivity contribution in [2.45, 2.75) is 39.3 Å². The summed E-state index contributed by atoms with van der Waals surface area (Å²) in [7, 11) is 1.57. The van der Waals surface area contributed by atoms with Gasteiger partial charge in [-0.2, -0.15) is 0 Å². The molecule has 0 N–H and O–H groups in total. The molecule has 1 aromatic carbocycles. The van der Waals surface area contributed by atoms with Gasteiger partial charge in [0.1, 0.15) is 5.82 Å². The Morgan fingerprint density at radius 1 is 1.14 bits per heavy atom. The maximum atomic E-state index is 13.5. The Balaban J connectivity index is 1.61. The van der Waals surface area contributed by atoms with Crippen LogP contribution < -0.4 is 0 Å². The van der Waals surface area contributed by atoms with E-state index >= 15 is 0 Å². The molecule has 0 saturated heterocycles. The van der Waals surface area contributed by atoms with Crippen LogP contribution in [0.15, 0.2) is 59.4 Å². The Hall–Kier alpha value is -4.14. The number of ether oxygens (including phenoxy) is 1. The third-order valence-corrected chi connectivity index (χ3v) is 5.51. The standard InChI is InChI=1S/C26H25FN4O4/c1-15(2)23-22-20(12-21(29-24(22)35-30-23)18-8-6-10-28-13-18)26(33)34-16(3)25(32)31(4)14-17-7-5-9-19(27)11-17/h5-13,15-16H,14H2,1-4H3/t16-/m1/s1. The molecule has 1 amide bonds. The number of benzene rings is 1. The molecule has 4 rings (SSSR count). The highest BCUT2D eigenvalue weighted by atomic mass is 19.1. The number of fused-ring (bicyclic) bond motifs is 1. The number of likely N-dealkylation sites (N-methyl/N-ethyl adjacent to an activating group) is 1. The van der Waals surface area contributed by atoms with Crippen molar-refractivity contribution in [2.24, 2.45) is 0 Å². The molecule has 3 heterocycles. The molecule has 1 atom stereocenters. The quantitative estimate of drug-likeness (QED) is 0.355. The van der Waals surface area contributed by atoms with Crippen LogP contribution in [0.25, 0.3) is 22.4 Å². The maximum Gasteiger partial charge on any atom is 0.339 e. The van der Waals surface area contributed by atoms with Crippen molar-refractivity contribution in [3.05, 3.63) is 77.5 Å². The highest BCUT2D eigenvalue weighted by Crippen LogP contribution is 2.31. The number of esters is 1. The molecule has 9 heteroatoms. The first-order valence-electron chi connectivity index (χ1n) is 11.2. The van der Waals surface area contributed by atoms with Crippen LogP contribution in [0.1, 0.15) is 48.3 Å². The minimum absolute atomic E-state index is 0.0368. The van der Waals surface area contributed by atoms with Crippen molar-refractivity contribution >= 4 is 23.0 Å². The predicted molar refractivity (Wildman–Crippen MR) is 127 cm³/mol. The van der Waals surface area contributed by atoms with Gasteiger partial charge in [-0.05, 0) is 48.7 Å². The number of carbonyl (C=O) groups is 2. The molecule has 0 fully saturated rings. The highest BCUT2D eigenvalue weighted by molar-refractivity contribution is 6.05. The molecule has 0 saturated carbocycles. The summed E-state index contributed by atoms with van der Waals surface area (Å²) in [6, 6.07) is 11.1. The van der Waals surface area contributed by atoms with Crippen LogP contribution in [0, 0.1) is 5.82 Å². The highest BCUT2D eigenvalue weighted by Gasteiger charge is 2.27. The summed E-state index contributed by atoms with van der Waals surface area (Å²) in [6.45, 7) is 5.52. The number of hydrogen-bond donors (Lipinski definition) is 0. The number of hydrogen-bond acceptors (Lipinski definition) is 7. The first-order valence-corrected chi connectivity index (χ1v) is 11.2. The largest absolute Gasteiger partial charge is 0.449 e. The smallest absolute Gasteiger partial charge is 0.339 e. The second kappa shape index (κ2) is 10.0. The van der Waals surface area contributed by atoms with Crippen molar-refractivity contribution < 1.29 is 23.2 Å². The molecule has 0 aliphatic rings. The number of amides is 1. The van der Waals surface area contributed by atoms with E-state index in [-0.39, 0.29) is 29.6 Å². The van der Waals surface area contributed by atoms with Crippen molar-refractivity contribution in [1.29, 1.82) is 0 Å². The fourth-order valence-electron chi connectivity index (χ4n) is 3.76. The fraction of sp³-hybridized carbons (Fsp3) is 0.269. The summed E-state index contributed by atoms with van der Waals surface area (Å²) in [4.78, 5) is 36.2. The minimum Gasteiger partial charge on any atom is -0.449 e. The second-order valence-corrected chi connectivity index (χ2v) is 8.57. The fourth-order valence-corrected chi connectivity index (χ4v) is 3.76. The second-order valence-electron chi connectivity index (χ2n) is 8.57. The number of pyridine rings is 2. The van der Waals surface area contributed by atoms with Crippen LogP contribution in [-0.2, 0) is 16.1 Å². The van der Waals surface area contributed by atoms with E-state index in [1.54, 1.807) is 43.7 Å². The lowest BCUT2D eigenvalue weighted by Gasteiger charge is -2.22. The molecule has 0 radical (unpaired) electrons. The number of carbonyl (C=O) groups excluding carboxylic acids is 2. The first-order chi connectivity index (χ1) is 16.7. The van der Waals surface area contributed by atoms with E-state index in [0.717, 1.165) is 0 Å². The van der Waals surface area contributed by atoms with Gasteiger partial charge in [0, 0.05) is 31.5 Å². The monoisotopic (exact) mass is 476 g/mol. The summed E-state index contributed by atoms with van der Waals surface area (Å²) in [5.74, 6) is -1.55. The number of aromatic nitrogens is 3. The van der Waals surface area contributed by atoms with Crippen molar-refractivity contribution in [3.8, 4) is 11.3 Å². The summed E-state index contributed by atoms with van der Waals surface area (Å²) in [5, 5.41) is 4.55. The maximum absolute atomic E-state index is 13.5. The van der Waals surface area contributed by atoms with Gasteiger partial charge in [-0.15, -0.1) is 0 Å². The molecule has 180 valence electrons. The molecule has 0 bridgehead atoms. The molecular weight excluding hydrogens is 451 g/mol. The minimum atomic E-state index is -1.08. The van der Waals surface area contributed by atoms with Crippen LogP contribution in [0.5, 0.6) is 0 Å². The third-order valence-electron chi connectivity index (χ3n) is 5.51. The predicted octanol–water partition coefficient (Wildman–Crippen LogP) is 4.75. The Morgan fingerprint density at radius 2 is 1.94 bits per heavy atom. The summed E-state index contributed by atoms with van der Waals surface area (Å²) < 4.78 is 24.5. The summed E-state index contributed by atoms with van der Waals surface area (Å²) >= 11 is 0. The van der Waals surface area contributed by atoms with E-state index in [2.05, 4.69) is 15.1 Å². The van der Waals surface area contributed by atoms with E-state index < -0.39 is 18.0 Å². The van der Waals surface area contributed by atoms with E-state index in [1.807, 2.05) is 19.9 Å². The van der Waals surface area contributed by atoms with E-state index in [9.17, 15) is 14.0 Å². The Labute approximate surface area is 201 Å². The number of nitrogens with zero attached hydrogens (tertiary/aromatic N) is 4. The zero-order chi connectivity index (χ0) is 25.1. The third kappa shape index (κ3) is 5.18. The molecule has 0 unspecified atom stereocenters. The van der Waals surface area contributed by atoms with Gasteiger partial charge in [0.2, 0.25) is 0 Å². The number of halogens is 1. The summed E-state index contributed by atoms with van der Waals surface area (Å²) in [5.41, 5.74) is 2.74. The zero-order valence-electron chi connectivity index (χ0n) is 19.9. The van der Waals surface area contributed by atoms with Crippen LogP contribution in [-0.4, -0.2) is 45.1 Å². The van der Waals surface area contributed by atoms with Crippen LogP contribution in [0.3, 0.4) is 0 Å². The zero-order valence-corrected chi connectivity index (χ0v) is 19.9. The molecule has 0 aliphatic heterocycles. The van der Waals surface area contributed by atoms with E-state index in [1.165, 1.54) is 24.0 Å². The lowest BCUT2D eigenvalue weighted by atomic mass is 10.0. The molecular formula is C26H25FN4O4. The molecule has 3 aromatic heterocycles. The van der Waals surface area contributed by atoms with Gasteiger partial charge in [-0.25, -0.2) is 14.2 Å².